The number of aromatic nitrogens is 2. The maximum absolute atomic E-state index is 12.8. The van der Waals surface area contributed by atoms with Crippen LogP contribution in [0.4, 0.5) is 36.2 Å². The fourth-order valence-electron chi connectivity index (χ4n) is 2.70. The molecule has 0 saturated carbocycles. The second kappa shape index (κ2) is 6.54. The first kappa shape index (κ1) is 16.9. The minimum absolute atomic E-state index is 0.0593. The number of hydrogen-bond acceptors (Lipinski definition) is 6. The van der Waals surface area contributed by atoms with Crippen molar-refractivity contribution >= 4 is 23.0 Å². The van der Waals surface area contributed by atoms with Crippen LogP contribution in [0.2, 0.25) is 0 Å². The molecule has 0 unspecified atom stereocenters. The van der Waals surface area contributed by atoms with Crippen molar-refractivity contribution in [3.05, 3.63) is 46.3 Å². The fourth-order valence-corrected chi connectivity index (χ4v) is 2.70. The Morgan fingerprint density at radius 2 is 1.92 bits per heavy atom. The number of benzene rings is 1. The average Bonchev–Trinajstić information content (AvgIpc) is 3.08. The maximum Gasteiger partial charge on any atom is 0.416 e. The molecule has 2 heterocycles. The van der Waals surface area contributed by atoms with E-state index in [4.69, 9.17) is 0 Å². The number of rotatable bonds is 4. The van der Waals surface area contributed by atoms with E-state index in [9.17, 15) is 23.3 Å². The molecule has 10 heteroatoms. The van der Waals surface area contributed by atoms with E-state index >= 15 is 0 Å². The summed E-state index contributed by atoms with van der Waals surface area (Å²) >= 11 is 0. The molecule has 3 rings (SSSR count). The second-order valence-electron chi connectivity index (χ2n) is 5.55. The normalized spacial score (nSPS) is 14.6. The first-order chi connectivity index (χ1) is 11.9. The van der Waals surface area contributed by atoms with Gasteiger partial charge in [0.1, 0.15) is 6.33 Å². The lowest BCUT2D eigenvalue weighted by molar-refractivity contribution is -0.383. The second-order valence-corrected chi connectivity index (χ2v) is 5.55. The summed E-state index contributed by atoms with van der Waals surface area (Å²) in [7, 11) is 0. The van der Waals surface area contributed by atoms with Crippen molar-refractivity contribution in [1.82, 2.24) is 9.97 Å². The van der Waals surface area contributed by atoms with Gasteiger partial charge in [-0.25, -0.2) is 9.97 Å². The summed E-state index contributed by atoms with van der Waals surface area (Å²) in [5.74, 6) is 0.0354. The number of hydrogen-bond donors (Lipinski definition) is 1. The van der Waals surface area contributed by atoms with Gasteiger partial charge in [-0.05, 0) is 31.0 Å². The Morgan fingerprint density at radius 1 is 1.20 bits per heavy atom. The molecular formula is C15H14F3N5O2. The minimum Gasteiger partial charge on any atom is -0.351 e. The van der Waals surface area contributed by atoms with Crippen molar-refractivity contribution in [1.29, 1.82) is 0 Å². The first-order valence-electron chi connectivity index (χ1n) is 7.55. The van der Waals surface area contributed by atoms with Crippen LogP contribution in [-0.4, -0.2) is 28.0 Å². The molecule has 0 aliphatic carbocycles. The van der Waals surface area contributed by atoms with Crippen LogP contribution in [0.1, 0.15) is 18.4 Å². The SMILES string of the molecule is O=[N+]([O-])c1c(Nc2cccc(C(F)(F)F)c2)ncnc1N1CCCC1. The Kier molecular flexibility index (Phi) is 4.43. The molecular weight excluding hydrogens is 339 g/mol. The third kappa shape index (κ3) is 3.62. The summed E-state index contributed by atoms with van der Waals surface area (Å²) < 4.78 is 38.4. The van der Waals surface area contributed by atoms with Gasteiger partial charge in [-0.15, -0.1) is 0 Å². The van der Waals surface area contributed by atoms with Crippen LogP contribution in [0.25, 0.3) is 0 Å². The molecule has 1 N–H and O–H groups in total. The lowest BCUT2D eigenvalue weighted by Gasteiger charge is -2.17. The van der Waals surface area contributed by atoms with Gasteiger partial charge in [0, 0.05) is 18.8 Å². The molecule has 1 aromatic heterocycles. The van der Waals surface area contributed by atoms with Gasteiger partial charge in [0.2, 0.25) is 11.6 Å². The van der Waals surface area contributed by atoms with E-state index in [-0.39, 0.29) is 23.0 Å². The number of alkyl halides is 3. The quantitative estimate of drug-likeness (QED) is 0.666. The Bertz CT molecular complexity index is 791. The highest BCUT2D eigenvalue weighted by molar-refractivity contribution is 5.74. The van der Waals surface area contributed by atoms with Crippen LogP contribution in [0.15, 0.2) is 30.6 Å². The fraction of sp³-hybridized carbons (Fsp3) is 0.333. The molecule has 0 spiro atoms. The molecule has 0 amide bonds. The number of halogens is 3. The number of nitro groups is 1. The smallest absolute Gasteiger partial charge is 0.351 e. The lowest BCUT2D eigenvalue weighted by Crippen LogP contribution is -2.21. The largest absolute Gasteiger partial charge is 0.416 e. The highest BCUT2D eigenvalue weighted by Crippen LogP contribution is 2.36. The van der Waals surface area contributed by atoms with Gasteiger partial charge >= 0.3 is 11.9 Å². The zero-order valence-electron chi connectivity index (χ0n) is 13.0. The van der Waals surface area contributed by atoms with Gasteiger partial charge in [0.15, 0.2) is 0 Å². The first-order valence-corrected chi connectivity index (χ1v) is 7.55. The Balaban J connectivity index is 1.97. The van der Waals surface area contributed by atoms with Gasteiger partial charge in [-0.1, -0.05) is 6.07 Å². The van der Waals surface area contributed by atoms with E-state index in [1.54, 1.807) is 4.90 Å². The van der Waals surface area contributed by atoms with Crippen LogP contribution in [0, 0.1) is 10.1 Å². The zero-order valence-corrected chi connectivity index (χ0v) is 13.0. The van der Waals surface area contributed by atoms with Crippen molar-refractivity contribution in [2.45, 2.75) is 19.0 Å². The van der Waals surface area contributed by atoms with Crippen molar-refractivity contribution in [3.63, 3.8) is 0 Å². The zero-order chi connectivity index (χ0) is 18.0. The average molecular weight is 353 g/mol. The molecule has 7 nitrogen and oxygen atoms in total. The van der Waals surface area contributed by atoms with E-state index < -0.39 is 16.7 Å². The standard InChI is InChI=1S/C15H14F3N5O2/c16-15(17,18)10-4-3-5-11(8-10)21-13-12(23(24)25)14(20-9-19-13)22-6-1-2-7-22/h3-5,8-9H,1-2,6-7H2,(H,19,20,21). The summed E-state index contributed by atoms with van der Waals surface area (Å²) in [5.41, 5.74) is -1.14. The van der Waals surface area contributed by atoms with Gasteiger partial charge < -0.3 is 10.2 Å². The third-order valence-electron chi connectivity index (χ3n) is 3.84. The van der Waals surface area contributed by atoms with Crippen LogP contribution in [0.3, 0.4) is 0 Å². The molecule has 1 aromatic carbocycles. The molecule has 132 valence electrons. The molecule has 0 bridgehead atoms. The van der Waals surface area contributed by atoms with Crippen molar-refractivity contribution < 1.29 is 18.1 Å². The summed E-state index contributed by atoms with van der Waals surface area (Å²) in [6.07, 6.45) is -1.54. The van der Waals surface area contributed by atoms with Gasteiger partial charge in [0.05, 0.1) is 10.5 Å². The van der Waals surface area contributed by atoms with Crippen molar-refractivity contribution in [2.75, 3.05) is 23.3 Å². The van der Waals surface area contributed by atoms with Crippen LogP contribution in [0.5, 0.6) is 0 Å². The molecule has 2 aromatic rings. The number of nitrogens with zero attached hydrogens (tertiary/aromatic N) is 4. The summed E-state index contributed by atoms with van der Waals surface area (Å²) in [4.78, 5) is 20.5. The van der Waals surface area contributed by atoms with Gasteiger partial charge in [-0.3, -0.25) is 10.1 Å². The molecule has 0 atom stereocenters. The van der Waals surface area contributed by atoms with E-state index in [1.807, 2.05) is 0 Å². The third-order valence-corrected chi connectivity index (χ3v) is 3.84. The molecule has 1 saturated heterocycles. The van der Waals surface area contributed by atoms with Crippen molar-refractivity contribution in [3.8, 4) is 0 Å². The van der Waals surface area contributed by atoms with Crippen LogP contribution < -0.4 is 10.2 Å². The topological polar surface area (TPSA) is 84.2 Å². The Labute approximate surface area is 140 Å². The van der Waals surface area contributed by atoms with Crippen LogP contribution >= 0.6 is 0 Å². The van der Waals surface area contributed by atoms with Crippen molar-refractivity contribution in [2.24, 2.45) is 0 Å². The van der Waals surface area contributed by atoms with Gasteiger partial charge in [0.25, 0.3) is 0 Å². The van der Waals surface area contributed by atoms with Gasteiger partial charge in [-0.2, -0.15) is 13.2 Å². The summed E-state index contributed by atoms with van der Waals surface area (Å²) in [6, 6.07) is 4.41. The van der Waals surface area contributed by atoms with E-state index in [0.29, 0.717) is 13.1 Å². The van der Waals surface area contributed by atoms with E-state index in [2.05, 4.69) is 15.3 Å². The predicted molar refractivity (Wildman–Crippen MR) is 84.9 cm³/mol. The summed E-state index contributed by atoms with van der Waals surface area (Å²) in [5, 5.41) is 14.1. The highest BCUT2D eigenvalue weighted by Gasteiger charge is 2.31. The molecule has 1 fully saturated rings. The molecule has 25 heavy (non-hydrogen) atoms. The van der Waals surface area contributed by atoms with E-state index in [0.717, 1.165) is 31.3 Å². The lowest BCUT2D eigenvalue weighted by atomic mass is 10.2. The highest BCUT2D eigenvalue weighted by atomic mass is 19.4. The Morgan fingerprint density at radius 3 is 2.56 bits per heavy atom. The molecule has 0 radical (unpaired) electrons. The minimum atomic E-state index is -4.50. The molecule has 1 aliphatic rings. The van der Waals surface area contributed by atoms with Crippen LogP contribution in [-0.2, 0) is 6.18 Å². The number of anilines is 3. The summed E-state index contributed by atoms with van der Waals surface area (Å²) in [6.45, 7) is 1.28. The van der Waals surface area contributed by atoms with E-state index in [1.165, 1.54) is 12.1 Å². The number of nitrogens with one attached hydrogen (secondary N) is 1. The maximum atomic E-state index is 12.8. The Hall–Kier alpha value is -2.91. The molecule has 1 aliphatic heterocycles. The monoisotopic (exact) mass is 353 g/mol. The predicted octanol–water partition coefficient (Wildman–Crippen LogP) is 3.75.